The van der Waals surface area contributed by atoms with E-state index in [2.05, 4.69) is 70.2 Å². The lowest BCUT2D eigenvalue weighted by atomic mass is 9.73. The van der Waals surface area contributed by atoms with Crippen LogP contribution in [0.2, 0.25) is 0 Å². The Morgan fingerprint density at radius 2 is 1.34 bits per heavy atom. The number of carbonyl (C=O) groups excluding carboxylic acids is 2. The molecule has 14 heteroatoms. The number of hydrogen-bond acceptors (Lipinski definition) is 12. The van der Waals surface area contributed by atoms with Gasteiger partial charge in [0.05, 0.1) is 50.9 Å². The van der Waals surface area contributed by atoms with Crippen molar-refractivity contribution in [1.29, 1.82) is 0 Å². The predicted molar refractivity (Wildman–Crippen MR) is 227 cm³/mol. The number of pyridine rings is 1. The third kappa shape index (κ3) is 17.2. The number of rotatable bonds is 30. The zero-order valence-electron chi connectivity index (χ0n) is 35.8. The smallest absolute Gasteiger partial charge is 0.233 e. The van der Waals surface area contributed by atoms with E-state index < -0.39 is 11.3 Å². The van der Waals surface area contributed by atoms with Crippen LogP contribution in [0.15, 0.2) is 93.5 Å². The molecule has 0 bridgehead atoms. The molecular formula is C45H65N7O7. The molecule has 0 aliphatic carbocycles. The normalized spacial score (nSPS) is 13.4. The van der Waals surface area contributed by atoms with Crippen molar-refractivity contribution in [2.45, 2.75) is 104 Å². The summed E-state index contributed by atoms with van der Waals surface area (Å²) in [6.07, 6.45) is 7.32. The number of hydroxylamine groups is 2. The number of carbonyl (C=O) groups is 2. The van der Waals surface area contributed by atoms with E-state index in [0.29, 0.717) is 90.9 Å². The van der Waals surface area contributed by atoms with Crippen molar-refractivity contribution in [3.05, 3.63) is 72.8 Å². The van der Waals surface area contributed by atoms with Crippen molar-refractivity contribution < 1.29 is 33.4 Å². The lowest BCUT2D eigenvalue weighted by Gasteiger charge is -2.37. The van der Waals surface area contributed by atoms with E-state index in [1.807, 2.05) is 63.2 Å². The molecular weight excluding hydrogens is 751 g/mol. The summed E-state index contributed by atoms with van der Waals surface area (Å²) in [4.78, 5) is 34.0. The van der Waals surface area contributed by atoms with Crippen molar-refractivity contribution >= 4 is 12.3 Å². The lowest BCUT2D eigenvalue weighted by Crippen LogP contribution is -2.40. The quantitative estimate of drug-likeness (QED) is 0.0396. The highest BCUT2D eigenvalue weighted by molar-refractivity contribution is 5.75. The molecule has 14 nitrogen and oxygen atoms in total. The van der Waals surface area contributed by atoms with Crippen LogP contribution < -0.4 is 10.1 Å². The van der Waals surface area contributed by atoms with Gasteiger partial charge >= 0.3 is 0 Å². The number of hydrogen-bond donors (Lipinski definition) is 1. The van der Waals surface area contributed by atoms with Gasteiger partial charge in [0.15, 0.2) is 5.66 Å². The zero-order chi connectivity index (χ0) is 42.2. The van der Waals surface area contributed by atoms with Crippen LogP contribution in [-0.4, -0.2) is 93.0 Å². The summed E-state index contributed by atoms with van der Waals surface area (Å²) in [6.45, 7) is 14.5. The fourth-order valence-electron chi connectivity index (χ4n) is 6.58. The van der Waals surface area contributed by atoms with Gasteiger partial charge < -0.3 is 24.3 Å². The first kappa shape index (κ1) is 47.1. The molecule has 2 aromatic carbocycles. The van der Waals surface area contributed by atoms with Gasteiger partial charge in [-0.15, -0.1) is 10.2 Å². The maximum Gasteiger partial charge on any atom is 0.233 e. The number of unbranched alkanes of at least 4 members (excludes halogenated alkanes) is 2. The molecule has 0 saturated heterocycles. The van der Waals surface area contributed by atoms with Crippen molar-refractivity contribution in [3.63, 3.8) is 0 Å². The molecule has 0 atom stereocenters. The highest BCUT2D eigenvalue weighted by atomic mass is 16.7. The average Bonchev–Trinajstić information content (AvgIpc) is 3.73. The maximum absolute atomic E-state index is 12.5. The van der Waals surface area contributed by atoms with E-state index in [9.17, 15) is 9.59 Å². The van der Waals surface area contributed by atoms with Crippen molar-refractivity contribution in [1.82, 2.24) is 15.4 Å². The molecule has 1 aliphatic heterocycles. The summed E-state index contributed by atoms with van der Waals surface area (Å²) in [7, 11) is 0. The molecule has 0 spiro atoms. The van der Waals surface area contributed by atoms with Crippen molar-refractivity contribution in [2.24, 2.45) is 26.1 Å². The molecule has 0 radical (unpaired) electrons. The van der Waals surface area contributed by atoms with E-state index in [1.165, 1.54) is 5.06 Å². The molecule has 2 amide bonds. The Bertz CT molecular complexity index is 1650. The zero-order valence-corrected chi connectivity index (χ0v) is 35.8. The predicted octanol–water partition coefficient (Wildman–Crippen LogP) is 9.22. The standard InChI is InChI=1S/C45H65N7O7/c1-43(2,3)59-52(36-53)26-17-28-56-31-33-57-32-30-55-27-16-25-46-41(54)22-12-13-24-45(48-50-51-49-45)44(4,5)23-14-15-29-58-42-35-39(37-18-8-6-9-19-37)34-40(47-42)38-20-10-7-11-21-38/h6-11,18-21,34-36H,12-17,22-33H2,1-5H3,(H,46,54). The van der Waals surface area contributed by atoms with Crippen molar-refractivity contribution in [3.8, 4) is 28.3 Å². The minimum absolute atomic E-state index is 0.0246. The van der Waals surface area contributed by atoms with Gasteiger partial charge in [-0.25, -0.2) is 10.0 Å². The van der Waals surface area contributed by atoms with Gasteiger partial charge in [0.2, 0.25) is 18.2 Å². The van der Waals surface area contributed by atoms with Crippen LogP contribution in [0, 0.1) is 5.41 Å². The Kier molecular flexibility index (Phi) is 20.0. The Hall–Kier alpha value is -4.63. The summed E-state index contributed by atoms with van der Waals surface area (Å²) in [6, 6.07) is 24.6. The second-order valence-corrected chi connectivity index (χ2v) is 16.2. The number of nitrogens with zero attached hydrogens (tertiary/aromatic N) is 6. The van der Waals surface area contributed by atoms with Gasteiger partial charge in [-0.1, -0.05) is 74.5 Å². The van der Waals surface area contributed by atoms with Gasteiger partial charge in [-0.2, -0.15) is 0 Å². The summed E-state index contributed by atoms with van der Waals surface area (Å²) >= 11 is 0. The van der Waals surface area contributed by atoms with Crippen LogP contribution in [0.4, 0.5) is 0 Å². The van der Waals surface area contributed by atoms with Gasteiger partial charge in [-0.3, -0.25) is 14.4 Å². The Morgan fingerprint density at radius 3 is 1.98 bits per heavy atom. The summed E-state index contributed by atoms with van der Waals surface area (Å²) in [5, 5.41) is 21.1. The van der Waals surface area contributed by atoms with Gasteiger partial charge in [0, 0.05) is 43.2 Å². The van der Waals surface area contributed by atoms with Crippen LogP contribution >= 0.6 is 0 Å². The van der Waals surface area contributed by atoms with Crippen LogP contribution in [0.1, 0.15) is 92.4 Å². The highest BCUT2D eigenvalue weighted by Gasteiger charge is 2.47. The third-order valence-electron chi connectivity index (χ3n) is 9.86. The minimum atomic E-state index is -0.740. The summed E-state index contributed by atoms with van der Waals surface area (Å²) < 4.78 is 22.9. The topological polar surface area (TPSA) is 158 Å². The molecule has 1 aromatic heterocycles. The number of aromatic nitrogens is 1. The van der Waals surface area contributed by atoms with Crippen LogP contribution in [-0.2, 0) is 28.6 Å². The van der Waals surface area contributed by atoms with E-state index in [-0.39, 0.29) is 11.3 Å². The highest BCUT2D eigenvalue weighted by Crippen LogP contribution is 2.46. The first-order valence-corrected chi connectivity index (χ1v) is 21.0. The molecule has 1 N–H and O–H groups in total. The van der Waals surface area contributed by atoms with Gasteiger partial charge in [0.1, 0.15) is 0 Å². The average molecular weight is 816 g/mol. The second kappa shape index (κ2) is 25.1. The summed E-state index contributed by atoms with van der Waals surface area (Å²) in [5.74, 6) is 0.633. The Labute approximate surface area is 350 Å². The largest absolute Gasteiger partial charge is 0.478 e. The number of ether oxygens (including phenoxy) is 4. The van der Waals surface area contributed by atoms with E-state index in [4.69, 9.17) is 28.8 Å². The molecule has 0 fully saturated rings. The number of nitrogens with one attached hydrogen (secondary N) is 1. The Balaban J connectivity index is 1.04. The Morgan fingerprint density at radius 1 is 0.712 bits per heavy atom. The van der Waals surface area contributed by atoms with E-state index in [1.54, 1.807) is 0 Å². The maximum atomic E-state index is 12.5. The first-order chi connectivity index (χ1) is 28.5. The molecule has 1 aliphatic rings. The molecule has 59 heavy (non-hydrogen) atoms. The van der Waals surface area contributed by atoms with Crippen LogP contribution in [0.3, 0.4) is 0 Å². The molecule has 0 saturated carbocycles. The fraction of sp³-hybridized carbons (Fsp3) is 0.578. The van der Waals surface area contributed by atoms with Crippen molar-refractivity contribution in [2.75, 3.05) is 59.3 Å². The van der Waals surface area contributed by atoms with E-state index >= 15 is 0 Å². The molecule has 3 aromatic rings. The monoisotopic (exact) mass is 815 g/mol. The SMILES string of the molecule is CC(C)(C)ON(C=O)CCCOCCOCCOCCCNC(=O)CCCCC1(C(C)(C)CCCCOc2cc(-c3ccccc3)cc(-c3ccccc3)n2)N=NN=N1. The number of benzene rings is 2. The summed E-state index contributed by atoms with van der Waals surface area (Å²) in [5.41, 5.74) is 2.66. The van der Waals surface area contributed by atoms with Gasteiger partial charge in [-0.05, 0) is 99.8 Å². The minimum Gasteiger partial charge on any atom is -0.478 e. The molecule has 322 valence electrons. The second-order valence-electron chi connectivity index (χ2n) is 16.2. The molecule has 4 rings (SSSR count). The lowest BCUT2D eigenvalue weighted by molar-refractivity contribution is -0.216. The molecule has 0 unspecified atom stereocenters. The molecule has 2 heterocycles. The number of amides is 2. The fourth-order valence-corrected chi connectivity index (χ4v) is 6.58. The van der Waals surface area contributed by atoms with E-state index in [0.717, 1.165) is 60.9 Å². The van der Waals surface area contributed by atoms with Crippen LogP contribution in [0.25, 0.3) is 22.4 Å². The van der Waals surface area contributed by atoms with Crippen LogP contribution in [0.5, 0.6) is 5.88 Å². The third-order valence-corrected chi connectivity index (χ3v) is 9.86. The first-order valence-electron chi connectivity index (χ1n) is 21.0. The van der Waals surface area contributed by atoms with Gasteiger partial charge in [0.25, 0.3) is 0 Å².